The first-order chi connectivity index (χ1) is 7.66. The lowest BCUT2D eigenvalue weighted by Crippen LogP contribution is -2.42. The van der Waals surface area contributed by atoms with E-state index in [4.69, 9.17) is 5.73 Å². The van der Waals surface area contributed by atoms with Gasteiger partial charge in [-0.2, -0.15) is 0 Å². The summed E-state index contributed by atoms with van der Waals surface area (Å²) >= 11 is 0. The van der Waals surface area contributed by atoms with E-state index in [-0.39, 0.29) is 17.4 Å². The third kappa shape index (κ3) is 2.35. The molecule has 86 valence electrons. The van der Waals surface area contributed by atoms with Crippen molar-refractivity contribution in [3.63, 3.8) is 0 Å². The topological polar surface area (TPSA) is 89.2 Å². The van der Waals surface area contributed by atoms with Gasteiger partial charge in [0.2, 0.25) is 0 Å². The average molecular weight is 240 g/mol. The molecule has 1 aromatic rings. The van der Waals surface area contributed by atoms with E-state index in [0.717, 1.165) is 0 Å². The van der Waals surface area contributed by atoms with Gasteiger partial charge >= 0.3 is 0 Å². The summed E-state index contributed by atoms with van der Waals surface area (Å²) in [5.74, 6) is 1.09. The number of carbonyl (C=O) groups excluding carboxylic acids is 1. The summed E-state index contributed by atoms with van der Waals surface area (Å²) in [6.45, 7) is 1.00. The van der Waals surface area contributed by atoms with Crippen LogP contribution < -0.4 is 5.73 Å². The van der Waals surface area contributed by atoms with Crippen molar-refractivity contribution in [1.82, 2.24) is 14.9 Å². The van der Waals surface area contributed by atoms with Gasteiger partial charge in [0.15, 0.2) is 0 Å². The summed E-state index contributed by atoms with van der Waals surface area (Å²) in [7, 11) is -0.793. The van der Waals surface area contributed by atoms with E-state index >= 15 is 0 Å². The normalized spacial score (nSPS) is 17.4. The number of aromatic nitrogens is 2. The SMILES string of the molecule is Nc1cncc(C(=O)N2CCS(=O)CC2)n1. The number of nitrogen functional groups attached to an aromatic ring is 1. The van der Waals surface area contributed by atoms with Gasteiger partial charge in [0.25, 0.3) is 5.91 Å². The van der Waals surface area contributed by atoms with Crippen LogP contribution in [0.25, 0.3) is 0 Å². The van der Waals surface area contributed by atoms with Crippen LogP contribution in [0.2, 0.25) is 0 Å². The fourth-order valence-corrected chi connectivity index (χ4v) is 2.54. The lowest BCUT2D eigenvalue weighted by Gasteiger charge is -2.25. The maximum Gasteiger partial charge on any atom is 0.274 e. The van der Waals surface area contributed by atoms with Crippen molar-refractivity contribution in [2.45, 2.75) is 0 Å². The zero-order chi connectivity index (χ0) is 11.5. The van der Waals surface area contributed by atoms with Gasteiger partial charge in [-0.15, -0.1) is 0 Å². The molecule has 0 unspecified atom stereocenters. The minimum Gasteiger partial charge on any atom is -0.382 e. The smallest absolute Gasteiger partial charge is 0.274 e. The molecule has 1 amide bonds. The van der Waals surface area contributed by atoms with Crippen LogP contribution in [0, 0.1) is 0 Å². The predicted octanol–water partition coefficient (Wildman–Crippen LogP) is -0.737. The second kappa shape index (κ2) is 4.56. The van der Waals surface area contributed by atoms with Gasteiger partial charge in [-0.3, -0.25) is 14.0 Å². The summed E-state index contributed by atoms with van der Waals surface area (Å²) in [5, 5.41) is 0. The number of rotatable bonds is 1. The molecule has 0 aliphatic carbocycles. The average Bonchev–Trinajstić information content (AvgIpc) is 2.29. The highest BCUT2D eigenvalue weighted by atomic mass is 32.2. The van der Waals surface area contributed by atoms with Crippen molar-refractivity contribution < 1.29 is 9.00 Å². The van der Waals surface area contributed by atoms with Gasteiger partial charge in [-0.1, -0.05) is 0 Å². The number of anilines is 1. The van der Waals surface area contributed by atoms with Crippen LogP contribution in [-0.2, 0) is 10.8 Å². The van der Waals surface area contributed by atoms with E-state index in [2.05, 4.69) is 9.97 Å². The number of hydrogen-bond donors (Lipinski definition) is 1. The molecule has 0 radical (unpaired) electrons. The molecule has 2 N–H and O–H groups in total. The van der Waals surface area contributed by atoms with Crippen LogP contribution >= 0.6 is 0 Å². The molecule has 0 bridgehead atoms. The van der Waals surface area contributed by atoms with Crippen molar-refractivity contribution in [1.29, 1.82) is 0 Å². The Labute approximate surface area is 95.3 Å². The lowest BCUT2D eigenvalue weighted by molar-refractivity contribution is 0.0765. The Balaban J connectivity index is 2.10. The standard InChI is InChI=1S/C9H12N4O2S/c10-8-6-11-5-7(12-8)9(14)13-1-3-16(15)4-2-13/h5-6H,1-4H2,(H2,10,12). The number of carbonyl (C=O) groups is 1. The quantitative estimate of drug-likeness (QED) is 0.698. The fourth-order valence-electron chi connectivity index (χ4n) is 1.49. The van der Waals surface area contributed by atoms with Crippen LogP contribution in [0.1, 0.15) is 10.5 Å². The van der Waals surface area contributed by atoms with E-state index in [1.54, 1.807) is 4.90 Å². The third-order valence-electron chi connectivity index (χ3n) is 2.34. The molecular formula is C9H12N4O2S. The fraction of sp³-hybridized carbons (Fsp3) is 0.444. The first-order valence-corrected chi connectivity index (χ1v) is 6.37. The van der Waals surface area contributed by atoms with Crippen molar-refractivity contribution in [3.8, 4) is 0 Å². The van der Waals surface area contributed by atoms with Gasteiger partial charge in [0.1, 0.15) is 11.5 Å². The molecule has 0 saturated carbocycles. The third-order valence-corrected chi connectivity index (χ3v) is 3.61. The maximum absolute atomic E-state index is 11.9. The predicted molar refractivity (Wildman–Crippen MR) is 60.2 cm³/mol. The maximum atomic E-state index is 11.9. The Morgan fingerprint density at radius 2 is 2.06 bits per heavy atom. The van der Waals surface area contributed by atoms with E-state index in [0.29, 0.717) is 24.6 Å². The van der Waals surface area contributed by atoms with Crippen LogP contribution in [0.5, 0.6) is 0 Å². The lowest BCUT2D eigenvalue weighted by atomic mass is 10.3. The molecule has 1 aliphatic rings. The van der Waals surface area contributed by atoms with Gasteiger partial charge in [0, 0.05) is 35.4 Å². The molecule has 16 heavy (non-hydrogen) atoms. The Morgan fingerprint density at radius 3 is 2.69 bits per heavy atom. The number of hydrogen-bond acceptors (Lipinski definition) is 5. The first-order valence-electron chi connectivity index (χ1n) is 4.88. The van der Waals surface area contributed by atoms with E-state index in [9.17, 15) is 9.00 Å². The summed E-state index contributed by atoms with van der Waals surface area (Å²) in [6.07, 6.45) is 2.78. The largest absolute Gasteiger partial charge is 0.382 e. The molecule has 0 aromatic carbocycles. The van der Waals surface area contributed by atoms with E-state index in [1.165, 1.54) is 12.4 Å². The van der Waals surface area contributed by atoms with Crippen molar-refractivity contribution in [2.24, 2.45) is 0 Å². The zero-order valence-electron chi connectivity index (χ0n) is 8.63. The molecule has 0 atom stereocenters. The Morgan fingerprint density at radius 1 is 1.38 bits per heavy atom. The summed E-state index contributed by atoms with van der Waals surface area (Å²) in [5.41, 5.74) is 5.70. The van der Waals surface area contributed by atoms with E-state index in [1.807, 2.05) is 0 Å². The molecule has 2 rings (SSSR count). The summed E-state index contributed by atoms with van der Waals surface area (Å²) in [6, 6.07) is 0. The monoisotopic (exact) mass is 240 g/mol. The number of amides is 1. The Kier molecular flexibility index (Phi) is 3.14. The van der Waals surface area contributed by atoms with Gasteiger partial charge in [-0.05, 0) is 0 Å². The van der Waals surface area contributed by atoms with Crippen molar-refractivity contribution in [2.75, 3.05) is 30.3 Å². The minimum atomic E-state index is -0.793. The summed E-state index contributed by atoms with van der Waals surface area (Å²) in [4.78, 5) is 21.3. The molecular weight excluding hydrogens is 228 g/mol. The molecule has 2 heterocycles. The molecule has 1 aromatic heterocycles. The number of nitrogens with zero attached hydrogens (tertiary/aromatic N) is 3. The van der Waals surface area contributed by atoms with Crippen molar-refractivity contribution in [3.05, 3.63) is 18.1 Å². The van der Waals surface area contributed by atoms with Crippen LogP contribution in [0.15, 0.2) is 12.4 Å². The number of nitrogens with two attached hydrogens (primary N) is 1. The van der Waals surface area contributed by atoms with Crippen molar-refractivity contribution >= 4 is 22.5 Å². The highest BCUT2D eigenvalue weighted by Gasteiger charge is 2.22. The van der Waals surface area contributed by atoms with Crippen LogP contribution in [-0.4, -0.2) is 49.6 Å². The zero-order valence-corrected chi connectivity index (χ0v) is 9.44. The minimum absolute atomic E-state index is 0.198. The Bertz CT molecular complexity index is 427. The summed E-state index contributed by atoms with van der Waals surface area (Å²) < 4.78 is 11.1. The van der Waals surface area contributed by atoms with Gasteiger partial charge in [0.05, 0.1) is 12.4 Å². The van der Waals surface area contributed by atoms with Gasteiger partial charge < -0.3 is 10.6 Å². The second-order valence-corrected chi connectivity index (χ2v) is 5.17. The molecule has 1 aliphatic heterocycles. The molecule has 6 nitrogen and oxygen atoms in total. The van der Waals surface area contributed by atoms with Gasteiger partial charge in [-0.25, -0.2) is 4.98 Å². The van der Waals surface area contributed by atoms with Crippen LogP contribution in [0.3, 0.4) is 0 Å². The highest BCUT2D eigenvalue weighted by molar-refractivity contribution is 7.85. The molecule has 1 saturated heterocycles. The molecule has 0 spiro atoms. The van der Waals surface area contributed by atoms with Crippen LogP contribution in [0.4, 0.5) is 5.82 Å². The molecule has 1 fully saturated rings. The highest BCUT2D eigenvalue weighted by Crippen LogP contribution is 2.06. The van der Waals surface area contributed by atoms with E-state index < -0.39 is 10.8 Å². The second-order valence-electron chi connectivity index (χ2n) is 3.47. The molecule has 7 heteroatoms. The Hall–Kier alpha value is -1.50. The first kappa shape index (κ1) is 11.0.